The van der Waals surface area contributed by atoms with E-state index in [-0.39, 0.29) is 115 Å². The van der Waals surface area contributed by atoms with Gasteiger partial charge in [0.1, 0.15) is 42.7 Å². The highest BCUT2D eigenvalue weighted by molar-refractivity contribution is 8.08. The molecule has 129 heavy (non-hydrogen) atoms. The fourth-order valence-electron chi connectivity index (χ4n) is 15.0. The molecule has 6 N–H and O–H groups in total. The number of pyridine rings is 1. The molecule has 2 fully saturated rings. The molecule has 7 aromatic carbocycles. The van der Waals surface area contributed by atoms with Gasteiger partial charge in [-0.05, 0) is 158 Å². The Labute approximate surface area is 753 Å². The Balaban J connectivity index is 0.577. The molecule has 37 heteroatoms. The maximum absolute atomic E-state index is 15.2. The van der Waals surface area contributed by atoms with E-state index in [2.05, 4.69) is 26.3 Å². The van der Waals surface area contributed by atoms with E-state index in [1.54, 1.807) is 148 Å². The third-order valence-corrected chi connectivity index (χ3v) is 24.6. The number of anilines is 4. The molecule has 31 nitrogen and oxygen atoms in total. The van der Waals surface area contributed by atoms with E-state index < -0.39 is 102 Å². The van der Waals surface area contributed by atoms with Gasteiger partial charge >= 0.3 is 24.4 Å². The predicted molar refractivity (Wildman–Crippen MR) is 477 cm³/mol. The maximum atomic E-state index is 15.2. The van der Waals surface area contributed by atoms with Crippen molar-refractivity contribution in [2.45, 2.75) is 81.5 Å². The molecule has 2 aromatic heterocycles. The van der Waals surface area contributed by atoms with Gasteiger partial charge in [0.2, 0.25) is 11.8 Å². The molecular formula is C92H95ClF3N13O18S2. The van der Waals surface area contributed by atoms with Crippen LogP contribution in [0.2, 0.25) is 0 Å². The van der Waals surface area contributed by atoms with Gasteiger partial charge in [0.15, 0.2) is 5.78 Å². The lowest BCUT2D eigenvalue weighted by molar-refractivity contribution is -0.137. The smallest absolute Gasteiger partial charge is 0.418 e. The number of amides is 12. The van der Waals surface area contributed by atoms with Crippen molar-refractivity contribution in [2.24, 2.45) is 17.6 Å². The number of morpholine rings is 2. The van der Waals surface area contributed by atoms with Crippen LogP contribution < -0.4 is 46.3 Å². The summed E-state index contributed by atoms with van der Waals surface area (Å²) in [4.78, 5) is 177. The number of thioether (sulfide) groups is 2. The number of Topliss-reactive ketones (excluding diaryl/α,β-unsaturated/α-hetero) is 1. The number of nitrogens with zero attached hydrogens (tertiary/aromatic N) is 8. The number of alkyl halides is 4. The average Bonchev–Trinajstić information content (AvgIpc) is 1.59. The monoisotopic (exact) mass is 1830 g/mol. The Hall–Kier alpha value is -12.9. The van der Waals surface area contributed by atoms with Gasteiger partial charge in [-0.15, -0.1) is 11.6 Å². The predicted octanol–water partition coefficient (Wildman–Crippen LogP) is 12.9. The van der Waals surface area contributed by atoms with Crippen LogP contribution in [0.4, 0.5) is 50.3 Å². The van der Waals surface area contributed by atoms with Gasteiger partial charge in [-0.25, -0.2) is 24.3 Å². The molecule has 4 aliphatic heterocycles. The van der Waals surface area contributed by atoms with Crippen LogP contribution in [0.3, 0.4) is 0 Å². The van der Waals surface area contributed by atoms with E-state index in [1.807, 2.05) is 44.2 Å². The Morgan fingerprint density at radius 3 is 1.88 bits per heavy atom. The summed E-state index contributed by atoms with van der Waals surface area (Å²) in [5.41, 5.74) is 9.41. The molecule has 0 aliphatic carbocycles. The summed E-state index contributed by atoms with van der Waals surface area (Å²) < 4.78 is 81.1. The number of imide groups is 1. The second-order valence-electron chi connectivity index (χ2n) is 31.5. The van der Waals surface area contributed by atoms with Crippen LogP contribution in [-0.2, 0) is 55.7 Å². The van der Waals surface area contributed by atoms with E-state index >= 15 is 13.2 Å². The number of likely N-dealkylation sites (N-methyl/N-ethyl adjacent to an activating group) is 2. The molecule has 12 amide bonds. The number of carbonyl (C=O) groups excluding carboxylic acids is 12. The van der Waals surface area contributed by atoms with Gasteiger partial charge in [-0.1, -0.05) is 85.4 Å². The topological polar surface area (TPSA) is 371 Å². The number of halogens is 4. The number of nitrogens with two attached hydrogens (primary N) is 1. The van der Waals surface area contributed by atoms with Gasteiger partial charge in [0.05, 0.1) is 71.5 Å². The zero-order valence-electron chi connectivity index (χ0n) is 71.4. The molecule has 13 rings (SSSR count). The lowest BCUT2D eigenvalue weighted by Gasteiger charge is -2.26. The van der Waals surface area contributed by atoms with Crippen molar-refractivity contribution in [3.8, 4) is 11.5 Å². The van der Waals surface area contributed by atoms with Gasteiger partial charge in [-0.2, -0.15) is 13.2 Å². The van der Waals surface area contributed by atoms with E-state index in [9.17, 15) is 57.5 Å². The number of ether oxygens (including phenoxy) is 6. The second-order valence-corrected chi connectivity index (χ2v) is 34.0. The first-order valence-corrected chi connectivity index (χ1v) is 43.8. The molecule has 3 atom stereocenters. The lowest BCUT2D eigenvalue weighted by atomic mass is 9.89. The fourth-order valence-corrected chi connectivity index (χ4v) is 17.2. The molecule has 6 heterocycles. The first kappa shape index (κ1) is 93.8. The largest absolute Gasteiger partial charge is 0.491 e. The Bertz CT molecular complexity index is 5680. The van der Waals surface area contributed by atoms with Gasteiger partial charge < -0.3 is 84.3 Å². The Morgan fingerprint density at radius 2 is 1.29 bits per heavy atom. The molecular weight excluding hydrogens is 1730 g/mol. The number of carbonyl (C=O) groups is 12. The van der Waals surface area contributed by atoms with E-state index in [0.29, 0.717) is 124 Å². The van der Waals surface area contributed by atoms with Crippen molar-refractivity contribution >= 4 is 146 Å². The first-order chi connectivity index (χ1) is 61.9. The minimum atomic E-state index is -5.15. The van der Waals surface area contributed by atoms with Crippen LogP contribution in [0.5, 0.6) is 11.5 Å². The number of hydrogen-bond donors (Lipinski definition) is 5. The number of imidazole rings is 1. The molecule has 0 bridgehead atoms. The van der Waals surface area contributed by atoms with Gasteiger partial charge in [0.25, 0.3) is 35.4 Å². The molecule has 676 valence electrons. The number of aryl methyl sites for hydroxylation is 2. The van der Waals surface area contributed by atoms with Crippen molar-refractivity contribution in [2.75, 3.05) is 139 Å². The highest BCUT2D eigenvalue weighted by Crippen LogP contribution is 2.50. The number of fused-ring (bicyclic) bond motifs is 4. The third-order valence-electron chi connectivity index (χ3n) is 22.0. The third kappa shape index (κ3) is 23.2. The summed E-state index contributed by atoms with van der Waals surface area (Å²) >= 11 is 8.32. The van der Waals surface area contributed by atoms with Crippen LogP contribution in [0, 0.1) is 25.7 Å². The molecule has 9 aromatic rings. The van der Waals surface area contributed by atoms with Crippen LogP contribution in [-0.4, -0.2) is 225 Å². The molecule has 4 aliphatic rings. The SMILES string of the molecule is Cc1ccc(C(=O)Nc2ccc3nc(C(=O)N4C[C@@H](CCl)c5c4cc(OC(=O)N(C)CCN(C)C(=O)OCc4ccc(NC(=O)[C@H](CCCNC(N)=O)CC(=O)[C@@H](NC(=O)COCCOc6ccc(N7C(=O)C(Sc8ccc(C(=O)N9CCOCC9)cc8)=C(Sc8ccc(C(=O)N9CCOCC9)cc8)C7=O)c(C(F)(F)F)c6)C(C)C)cc4)c4cccc(C)c54)cn3c2)cc1. The van der Waals surface area contributed by atoms with Crippen LogP contribution in [0.25, 0.3) is 16.4 Å². The summed E-state index contributed by atoms with van der Waals surface area (Å²) in [6.07, 6.45) is -3.43. The van der Waals surface area contributed by atoms with Crippen molar-refractivity contribution in [3.63, 3.8) is 0 Å². The van der Waals surface area contributed by atoms with Crippen molar-refractivity contribution in [3.05, 3.63) is 224 Å². The number of ketones is 1. The summed E-state index contributed by atoms with van der Waals surface area (Å²) in [6, 6.07) is 37.4. The minimum absolute atomic E-state index is 0.00888. The summed E-state index contributed by atoms with van der Waals surface area (Å²) in [6.45, 7) is 9.03. The van der Waals surface area contributed by atoms with Crippen molar-refractivity contribution in [1.82, 2.24) is 39.6 Å². The average molecular weight is 1830 g/mol. The van der Waals surface area contributed by atoms with Crippen molar-refractivity contribution < 1.29 is 99.1 Å². The molecule has 2 saturated heterocycles. The number of hydrogen-bond acceptors (Lipinski definition) is 21. The zero-order chi connectivity index (χ0) is 91.9. The lowest BCUT2D eigenvalue weighted by Crippen LogP contribution is -2.47. The number of rotatable bonds is 34. The summed E-state index contributed by atoms with van der Waals surface area (Å²) in [5, 5.41) is 12.2. The van der Waals surface area contributed by atoms with E-state index in [0.717, 1.165) is 57.7 Å². The quantitative estimate of drug-likeness (QED) is 0.0142. The minimum Gasteiger partial charge on any atom is -0.491 e. The summed E-state index contributed by atoms with van der Waals surface area (Å²) in [5.74, 6) is -6.93. The zero-order valence-corrected chi connectivity index (χ0v) is 73.8. The number of aromatic nitrogens is 2. The van der Waals surface area contributed by atoms with Crippen LogP contribution >= 0.6 is 35.1 Å². The maximum Gasteiger partial charge on any atom is 0.418 e. The highest BCUT2D eigenvalue weighted by Gasteiger charge is 2.46. The molecule has 0 radical (unpaired) electrons. The fraction of sp³-hybridized carbons (Fsp3) is 0.337. The number of nitrogens with one attached hydrogen (secondary N) is 4. The number of benzene rings is 7. The number of primary amides is 1. The normalized spacial score (nSPS) is 15.0. The standard InChI is InChI=1S/C92H95ClF3N13O18S2/c1-54(2)79(102-76(111)53-124-43-44-125-65-25-30-71(69(46-65)92(94,95)96)109-87(117)80(128-66-26-18-59(19-27-66)84(114)105-35-39-122-40-36-105)81(88(109)118)129-67-28-20-60(21-29-67)85(115)106-37-41-123-42-38-106)73(110)45-61(10-8-32-98-89(97)119)83(113)99-63-22-14-57(15-23-63)52-126-90(120)103(5)33-34-104(6)91(121)127-74-47-72-78(77-56(4)9-7-11-68(74)77)62(48-93)49-108(72)86(116)70-51-107-50-64(24-31-75(107)101-70)100-82(112)58-16-12-55(3)13-17-58/h7,9,11-31,46-47,50-51,54,61-62,79H,8,10,32-45,48-49,52-53H2,1-6H3,(H,99,113)(H,100,112)(H,102,111)(H3,97,98,119)/t61-,62-,79+/m1/s1. The summed E-state index contributed by atoms with van der Waals surface area (Å²) in [7, 11) is 3.00. The van der Waals surface area contributed by atoms with E-state index in [1.165, 1.54) is 23.9 Å². The van der Waals surface area contributed by atoms with Gasteiger partial charge in [-0.3, -0.25) is 43.2 Å². The van der Waals surface area contributed by atoms with Crippen LogP contribution in [0.1, 0.15) is 108 Å². The highest BCUT2D eigenvalue weighted by atomic mass is 35.5. The molecule has 0 spiro atoms. The van der Waals surface area contributed by atoms with E-state index in [4.69, 9.17) is 45.8 Å². The molecule has 0 saturated carbocycles. The van der Waals surface area contributed by atoms with Gasteiger partial charge in [0, 0.05) is 147 Å². The second kappa shape index (κ2) is 42.4. The van der Waals surface area contributed by atoms with Crippen molar-refractivity contribution in [1.29, 1.82) is 0 Å². The Kier molecular flexibility index (Phi) is 30.8. The number of urea groups is 1. The van der Waals surface area contributed by atoms with Crippen LogP contribution in [0.15, 0.2) is 184 Å². The first-order valence-electron chi connectivity index (χ1n) is 41.6. The Morgan fingerprint density at radius 1 is 0.682 bits per heavy atom. The molecule has 0 unspecified atom stereocenters.